The molecule has 4 aromatic rings. The van der Waals surface area contributed by atoms with Crippen molar-refractivity contribution in [2.75, 3.05) is 0 Å². The Balaban J connectivity index is 1.62. The third-order valence-electron chi connectivity index (χ3n) is 4.73. The van der Waals surface area contributed by atoms with Crippen LogP contribution in [-0.2, 0) is 4.74 Å². The van der Waals surface area contributed by atoms with Gasteiger partial charge in [0, 0.05) is 11.1 Å². The summed E-state index contributed by atoms with van der Waals surface area (Å²) >= 11 is 0. The maximum Gasteiger partial charge on any atom is 0.339 e. The summed E-state index contributed by atoms with van der Waals surface area (Å²) in [5, 5.41) is 0.457. The van der Waals surface area contributed by atoms with Gasteiger partial charge in [0.2, 0.25) is 0 Å². The molecule has 0 aliphatic carbocycles. The normalized spacial score (nSPS) is 11.8. The molecule has 0 aliphatic rings. The summed E-state index contributed by atoms with van der Waals surface area (Å²) in [5.41, 5.74) is 1.09. The number of ether oxygens (including phenoxy) is 1. The molecule has 1 aromatic heterocycles. The Morgan fingerprint density at radius 2 is 1.50 bits per heavy atom. The van der Waals surface area contributed by atoms with E-state index in [1.165, 1.54) is 0 Å². The zero-order chi connectivity index (χ0) is 21.1. The lowest BCUT2D eigenvalue weighted by Gasteiger charge is -2.14. The largest absolute Gasteiger partial charge is 0.451 e. The fourth-order valence-electron chi connectivity index (χ4n) is 3.18. The molecule has 1 heterocycles. The van der Waals surface area contributed by atoms with Crippen LogP contribution in [0.4, 0.5) is 0 Å². The van der Waals surface area contributed by atoms with E-state index in [9.17, 15) is 14.4 Å². The third-order valence-corrected chi connectivity index (χ3v) is 4.73. The number of carbonyl (C=O) groups is 2. The molecule has 0 saturated heterocycles. The van der Waals surface area contributed by atoms with Crippen LogP contribution < -0.4 is 5.56 Å². The number of aromatic nitrogens is 2. The average Bonchev–Trinajstić information content (AvgIpc) is 2.79. The van der Waals surface area contributed by atoms with E-state index >= 15 is 0 Å². The molecule has 3 aromatic carbocycles. The first-order chi connectivity index (χ1) is 14.5. The predicted molar refractivity (Wildman–Crippen MR) is 113 cm³/mol. The molecule has 0 unspecified atom stereocenters. The Morgan fingerprint density at radius 1 is 0.867 bits per heavy atom. The van der Waals surface area contributed by atoms with Crippen molar-refractivity contribution in [3.05, 3.63) is 112 Å². The fourth-order valence-corrected chi connectivity index (χ4v) is 3.18. The third kappa shape index (κ3) is 3.75. The zero-order valence-corrected chi connectivity index (χ0v) is 16.2. The molecule has 0 bridgehead atoms. The smallest absolute Gasteiger partial charge is 0.339 e. The maximum atomic E-state index is 12.9. The van der Waals surface area contributed by atoms with Gasteiger partial charge in [-0.1, -0.05) is 60.7 Å². The molecule has 0 aliphatic heterocycles. The molecule has 4 rings (SSSR count). The summed E-state index contributed by atoms with van der Waals surface area (Å²) in [5.74, 6) is -0.704. The lowest BCUT2D eigenvalue weighted by molar-refractivity contribution is 0.0318. The molecule has 6 nitrogen and oxygen atoms in total. The summed E-state index contributed by atoms with van der Waals surface area (Å²) in [6.45, 7) is 1.62. The number of H-pyrrole nitrogens is 1. The molecule has 0 amide bonds. The number of hydrogen-bond acceptors (Lipinski definition) is 5. The molecule has 30 heavy (non-hydrogen) atoms. The van der Waals surface area contributed by atoms with E-state index in [0.29, 0.717) is 16.5 Å². The fraction of sp³-hybridized carbons (Fsp3) is 0.0833. The second-order valence-corrected chi connectivity index (χ2v) is 6.76. The number of benzene rings is 3. The van der Waals surface area contributed by atoms with Gasteiger partial charge in [0.25, 0.3) is 5.56 Å². The molecule has 1 atom stereocenters. The summed E-state index contributed by atoms with van der Waals surface area (Å²) in [4.78, 5) is 45.0. The number of nitrogens with zero attached hydrogens (tertiary/aromatic N) is 1. The van der Waals surface area contributed by atoms with Gasteiger partial charge in [-0.05, 0) is 25.1 Å². The van der Waals surface area contributed by atoms with Crippen molar-refractivity contribution in [2.24, 2.45) is 0 Å². The van der Waals surface area contributed by atoms with Gasteiger partial charge in [-0.25, -0.2) is 9.78 Å². The number of esters is 1. The highest BCUT2D eigenvalue weighted by Crippen LogP contribution is 2.20. The number of ketones is 1. The zero-order valence-electron chi connectivity index (χ0n) is 16.2. The number of para-hydroxylation sites is 1. The van der Waals surface area contributed by atoms with Crippen molar-refractivity contribution in [2.45, 2.75) is 13.0 Å². The first-order valence-electron chi connectivity index (χ1n) is 9.43. The van der Waals surface area contributed by atoms with Crippen molar-refractivity contribution in [3.63, 3.8) is 0 Å². The summed E-state index contributed by atoms with van der Waals surface area (Å²) in [7, 11) is 0. The predicted octanol–water partition coefficient (Wildman–Crippen LogP) is 4.07. The SMILES string of the molecule is C[C@H](OC(=O)c1ccccc1C(=O)c1ccccc1)c1nc2ccccc2c(=O)[nH]1. The number of rotatable bonds is 5. The molecule has 0 saturated carbocycles. The van der Waals surface area contributed by atoms with E-state index in [2.05, 4.69) is 9.97 Å². The van der Waals surface area contributed by atoms with Crippen LogP contribution in [-0.4, -0.2) is 21.7 Å². The van der Waals surface area contributed by atoms with Gasteiger partial charge >= 0.3 is 5.97 Å². The van der Waals surface area contributed by atoms with Crippen LogP contribution in [0.3, 0.4) is 0 Å². The van der Waals surface area contributed by atoms with Crippen LogP contribution in [0.15, 0.2) is 83.7 Å². The van der Waals surface area contributed by atoms with E-state index in [0.717, 1.165) is 0 Å². The minimum absolute atomic E-state index is 0.154. The number of nitrogens with one attached hydrogen (secondary N) is 1. The van der Waals surface area contributed by atoms with E-state index < -0.39 is 12.1 Å². The van der Waals surface area contributed by atoms with Crippen LogP contribution in [0.25, 0.3) is 10.9 Å². The van der Waals surface area contributed by atoms with Gasteiger partial charge in [0.15, 0.2) is 17.7 Å². The molecule has 0 spiro atoms. The molecule has 148 valence electrons. The van der Waals surface area contributed by atoms with Crippen molar-refractivity contribution < 1.29 is 14.3 Å². The Hall–Kier alpha value is -4.06. The van der Waals surface area contributed by atoms with Gasteiger partial charge < -0.3 is 9.72 Å². The van der Waals surface area contributed by atoms with E-state index in [1.54, 1.807) is 79.7 Å². The van der Waals surface area contributed by atoms with Crippen molar-refractivity contribution in [3.8, 4) is 0 Å². The molecular formula is C24H18N2O4. The molecule has 6 heteroatoms. The van der Waals surface area contributed by atoms with Crippen molar-refractivity contribution in [1.29, 1.82) is 0 Å². The first-order valence-corrected chi connectivity index (χ1v) is 9.43. The second kappa shape index (κ2) is 8.13. The van der Waals surface area contributed by atoms with Crippen LogP contribution in [0.5, 0.6) is 0 Å². The van der Waals surface area contributed by atoms with E-state index in [4.69, 9.17) is 4.74 Å². The topological polar surface area (TPSA) is 89.1 Å². The number of hydrogen-bond donors (Lipinski definition) is 1. The lowest BCUT2D eigenvalue weighted by atomic mass is 9.98. The van der Waals surface area contributed by atoms with Crippen molar-refractivity contribution in [1.82, 2.24) is 9.97 Å². The van der Waals surface area contributed by atoms with Gasteiger partial charge in [0.1, 0.15) is 0 Å². The number of carbonyl (C=O) groups excluding carboxylic acids is 2. The van der Waals surface area contributed by atoms with Gasteiger partial charge in [-0.3, -0.25) is 9.59 Å². The molecule has 0 fully saturated rings. The molecule has 0 radical (unpaired) electrons. The minimum Gasteiger partial charge on any atom is -0.451 e. The summed E-state index contributed by atoms with van der Waals surface area (Å²) in [6, 6.07) is 22.1. The minimum atomic E-state index is -0.810. The quantitative estimate of drug-likeness (QED) is 0.404. The summed E-state index contributed by atoms with van der Waals surface area (Å²) in [6.07, 6.45) is -0.810. The Kier molecular flexibility index (Phi) is 5.22. The van der Waals surface area contributed by atoms with Crippen LogP contribution in [0, 0.1) is 0 Å². The Bertz CT molecular complexity index is 1300. The Morgan fingerprint density at radius 3 is 2.27 bits per heavy atom. The van der Waals surface area contributed by atoms with Gasteiger partial charge in [0.05, 0.1) is 16.5 Å². The van der Waals surface area contributed by atoms with Crippen molar-refractivity contribution >= 4 is 22.7 Å². The monoisotopic (exact) mass is 398 g/mol. The standard InChI is InChI=1S/C24H18N2O4/c1-15(22-25-20-14-8-7-13-19(20)23(28)26-22)30-24(29)18-12-6-5-11-17(18)21(27)16-9-3-2-4-10-16/h2-15H,1H3,(H,25,26,28)/t15-/m0/s1. The first kappa shape index (κ1) is 19.3. The number of fused-ring (bicyclic) bond motifs is 1. The summed E-state index contributed by atoms with van der Waals surface area (Å²) < 4.78 is 5.53. The van der Waals surface area contributed by atoms with E-state index in [1.807, 2.05) is 6.07 Å². The second-order valence-electron chi connectivity index (χ2n) is 6.76. The highest BCUT2D eigenvalue weighted by atomic mass is 16.5. The Labute approximate surface area is 172 Å². The highest BCUT2D eigenvalue weighted by Gasteiger charge is 2.22. The molecule has 1 N–H and O–H groups in total. The van der Waals surface area contributed by atoms with Gasteiger partial charge in [-0.2, -0.15) is 0 Å². The average molecular weight is 398 g/mol. The van der Waals surface area contributed by atoms with Crippen LogP contribution in [0.2, 0.25) is 0 Å². The van der Waals surface area contributed by atoms with E-state index in [-0.39, 0.29) is 28.3 Å². The van der Waals surface area contributed by atoms with Gasteiger partial charge in [-0.15, -0.1) is 0 Å². The lowest BCUT2D eigenvalue weighted by Crippen LogP contribution is -2.19. The van der Waals surface area contributed by atoms with Crippen LogP contribution >= 0.6 is 0 Å². The van der Waals surface area contributed by atoms with Crippen LogP contribution in [0.1, 0.15) is 45.1 Å². The number of aromatic amines is 1. The highest BCUT2D eigenvalue weighted by molar-refractivity contribution is 6.14. The maximum absolute atomic E-state index is 12.9. The molecular weight excluding hydrogens is 380 g/mol.